The van der Waals surface area contributed by atoms with Crippen molar-refractivity contribution in [3.8, 4) is 5.75 Å². The standard InChI is InChI=1S/C25H30FN3O5/c1-25(2,3)29(24(32)33)17(11-15-7-5-6-8-19(15)26)14-22(30)27-21-13-16-12-18(34-4)9-10-20(16)28-23(21)31/h5-10,12,17,21H,11,13-14H2,1-4H3,(H,27,30)(H,28,31)(H,32,33)/t17-,21?/m1/s1. The van der Waals surface area contributed by atoms with E-state index in [4.69, 9.17) is 4.74 Å². The number of carboxylic acid groups (broad SMARTS) is 1. The number of rotatable bonds is 7. The lowest BCUT2D eigenvalue weighted by molar-refractivity contribution is -0.127. The number of carbonyl (C=O) groups is 3. The number of fused-ring (bicyclic) bond motifs is 1. The Kier molecular flexibility index (Phi) is 7.44. The van der Waals surface area contributed by atoms with E-state index in [1.807, 2.05) is 0 Å². The average molecular weight is 472 g/mol. The molecule has 2 aromatic rings. The molecular formula is C25H30FN3O5. The molecule has 1 aliphatic heterocycles. The minimum absolute atomic E-state index is 0.0144. The van der Waals surface area contributed by atoms with Gasteiger partial charge in [0.2, 0.25) is 11.8 Å². The predicted octanol–water partition coefficient (Wildman–Crippen LogP) is 3.59. The van der Waals surface area contributed by atoms with Crippen LogP contribution < -0.4 is 15.4 Å². The van der Waals surface area contributed by atoms with Gasteiger partial charge in [-0.05, 0) is 62.6 Å². The molecule has 0 spiro atoms. The normalized spacial score (nSPS) is 16.1. The number of ether oxygens (including phenoxy) is 1. The van der Waals surface area contributed by atoms with Gasteiger partial charge in [-0.25, -0.2) is 9.18 Å². The van der Waals surface area contributed by atoms with Crippen LogP contribution >= 0.6 is 0 Å². The number of benzene rings is 2. The van der Waals surface area contributed by atoms with Crippen molar-refractivity contribution in [3.63, 3.8) is 0 Å². The van der Waals surface area contributed by atoms with Gasteiger partial charge in [-0.15, -0.1) is 0 Å². The van der Waals surface area contributed by atoms with Crippen LogP contribution in [0.4, 0.5) is 14.9 Å². The molecule has 3 rings (SSSR count). The monoisotopic (exact) mass is 471 g/mol. The highest BCUT2D eigenvalue weighted by molar-refractivity contribution is 6.00. The molecule has 9 heteroatoms. The smallest absolute Gasteiger partial charge is 0.408 e. The first-order valence-corrected chi connectivity index (χ1v) is 11.0. The van der Waals surface area contributed by atoms with E-state index in [9.17, 15) is 23.9 Å². The van der Waals surface area contributed by atoms with Gasteiger partial charge in [-0.3, -0.25) is 14.5 Å². The van der Waals surface area contributed by atoms with Crippen LogP contribution in [0.5, 0.6) is 5.75 Å². The maximum Gasteiger partial charge on any atom is 0.408 e. The highest BCUT2D eigenvalue weighted by Gasteiger charge is 2.36. The number of carbonyl (C=O) groups excluding carboxylic acids is 2. The Balaban J connectivity index is 1.80. The molecule has 0 aliphatic carbocycles. The van der Waals surface area contributed by atoms with Gasteiger partial charge in [0.25, 0.3) is 0 Å². The van der Waals surface area contributed by atoms with Crippen LogP contribution in [0.2, 0.25) is 0 Å². The summed E-state index contributed by atoms with van der Waals surface area (Å²) in [6.07, 6.45) is -1.16. The molecule has 0 saturated heterocycles. The molecule has 1 heterocycles. The summed E-state index contributed by atoms with van der Waals surface area (Å²) in [4.78, 5) is 38.8. The fourth-order valence-electron chi connectivity index (χ4n) is 4.27. The van der Waals surface area contributed by atoms with Gasteiger partial charge >= 0.3 is 6.09 Å². The van der Waals surface area contributed by atoms with Gasteiger partial charge in [-0.2, -0.15) is 0 Å². The molecule has 0 bridgehead atoms. The summed E-state index contributed by atoms with van der Waals surface area (Å²) in [7, 11) is 1.54. The quantitative estimate of drug-likeness (QED) is 0.572. The molecule has 34 heavy (non-hydrogen) atoms. The molecule has 3 N–H and O–H groups in total. The van der Waals surface area contributed by atoms with Gasteiger partial charge < -0.3 is 20.5 Å². The third-order valence-electron chi connectivity index (χ3n) is 5.77. The summed E-state index contributed by atoms with van der Waals surface area (Å²) in [5, 5.41) is 15.4. The Morgan fingerprint density at radius 2 is 1.97 bits per heavy atom. The van der Waals surface area contributed by atoms with Crippen LogP contribution in [-0.2, 0) is 22.4 Å². The van der Waals surface area contributed by atoms with E-state index in [0.717, 1.165) is 5.56 Å². The summed E-state index contributed by atoms with van der Waals surface area (Å²) in [5.74, 6) is -0.692. The van der Waals surface area contributed by atoms with E-state index in [0.29, 0.717) is 17.0 Å². The number of hydrogen-bond donors (Lipinski definition) is 3. The topological polar surface area (TPSA) is 108 Å². The summed E-state index contributed by atoms with van der Waals surface area (Å²) in [6, 6.07) is 9.68. The molecule has 0 saturated carbocycles. The lowest BCUT2D eigenvalue weighted by Crippen LogP contribution is -2.54. The van der Waals surface area contributed by atoms with E-state index in [1.54, 1.807) is 64.3 Å². The van der Waals surface area contributed by atoms with Gasteiger partial charge in [0.05, 0.1) is 7.11 Å². The Labute approximate surface area is 198 Å². The molecule has 0 radical (unpaired) electrons. The number of halogens is 1. The average Bonchev–Trinajstić information content (AvgIpc) is 2.74. The zero-order valence-corrected chi connectivity index (χ0v) is 19.7. The van der Waals surface area contributed by atoms with Crippen molar-refractivity contribution < 1.29 is 28.6 Å². The molecule has 0 aromatic heterocycles. The molecule has 3 amide bonds. The minimum atomic E-state index is -1.21. The number of hydrogen-bond acceptors (Lipinski definition) is 4. The van der Waals surface area contributed by atoms with Crippen molar-refractivity contribution in [2.75, 3.05) is 12.4 Å². The van der Waals surface area contributed by atoms with E-state index in [-0.39, 0.29) is 25.2 Å². The Bertz CT molecular complexity index is 1080. The lowest BCUT2D eigenvalue weighted by Gasteiger charge is -2.39. The number of anilines is 1. The summed E-state index contributed by atoms with van der Waals surface area (Å²) in [6.45, 7) is 5.14. The molecule has 2 atom stereocenters. The number of nitrogens with one attached hydrogen (secondary N) is 2. The van der Waals surface area contributed by atoms with Crippen molar-refractivity contribution in [2.45, 2.75) is 57.7 Å². The van der Waals surface area contributed by atoms with Crippen molar-refractivity contribution in [2.24, 2.45) is 0 Å². The third kappa shape index (κ3) is 5.84. The molecule has 2 aromatic carbocycles. The zero-order valence-electron chi connectivity index (χ0n) is 19.7. The van der Waals surface area contributed by atoms with Crippen LogP contribution in [0.1, 0.15) is 38.3 Å². The van der Waals surface area contributed by atoms with Crippen LogP contribution in [0, 0.1) is 5.82 Å². The number of nitrogens with zero attached hydrogens (tertiary/aromatic N) is 1. The van der Waals surface area contributed by atoms with E-state index in [1.165, 1.54) is 11.0 Å². The van der Waals surface area contributed by atoms with E-state index in [2.05, 4.69) is 10.6 Å². The highest BCUT2D eigenvalue weighted by atomic mass is 19.1. The Morgan fingerprint density at radius 1 is 1.26 bits per heavy atom. The highest BCUT2D eigenvalue weighted by Crippen LogP contribution is 2.27. The second kappa shape index (κ2) is 10.1. The Hall–Kier alpha value is -3.62. The fraction of sp³-hybridized carbons (Fsp3) is 0.400. The van der Waals surface area contributed by atoms with Crippen molar-refractivity contribution >= 4 is 23.6 Å². The number of methoxy groups -OCH3 is 1. The van der Waals surface area contributed by atoms with Gasteiger partial charge in [-0.1, -0.05) is 18.2 Å². The Morgan fingerprint density at radius 3 is 2.59 bits per heavy atom. The summed E-state index contributed by atoms with van der Waals surface area (Å²) >= 11 is 0. The van der Waals surface area contributed by atoms with Gasteiger partial charge in [0.1, 0.15) is 17.6 Å². The van der Waals surface area contributed by atoms with E-state index >= 15 is 0 Å². The molecule has 182 valence electrons. The first-order chi connectivity index (χ1) is 16.0. The zero-order chi connectivity index (χ0) is 25.0. The second-order valence-corrected chi connectivity index (χ2v) is 9.31. The third-order valence-corrected chi connectivity index (χ3v) is 5.77. The maximum atomic E-state index is 14.3. The molecular weight excluding hydrogens is 441 g/mol. The van der Waals surface area contributed by atoms with Gasteiger partial charge in [0.15, 0.2) is 0 Å². The predicted molar refractivity (Wildman–Crippen MR) is 125 cm³/mol. The molecule has 8 nitrogen and oxygen atoms in total. The maximum absolute atomic E-state index is 14.3. The summed E-state index contributed by atoms with van der Waals surface area (Å²) in [5.41, 5.74) is 0.944. The van der Waals surface area contributed by atoms with Crippen molar-refractivity contribution in [1.82, 2.24) is 10.2 Å². The largest absolute Gasteiger partial charge is 0.497 e. The molecule has 0 fully saturated rings. The summed E-state index contributed by atoms with van der Waals surface area (Å²) < 4.78 is 19.6. The first kappa shape index (κ1) is 25.0. The van der Waals surface area contributed by atoms with Crippen molar-refractivity contribution in [3.05, 3.63) is 59.4 Å². The molecule has 1 unspecified atom stereocenters. The first-order valence-electron chi connectivity index (χ1n) is 11.0. The van der Waals surface area contributed by atoms with Crippen LogP contribution in [-0.4, -0.2) is 52.6 Å². The van der Waals surface area contributed by atoms with Crippen LogP contribution in [0.15, 0.2) is 42.5 Å². The van der Waals surface area contributed by atoms with Gasteiger partial charge in [0, 0.05) is 30.1 Å². The van der Waals surface area contributed by atoms with Crippen LogP contribution in [0.3, 0.4) is 0 Å². The fourth-order valence-corrected chi connectivity index (χ4v) is 4.27. The lowest BCUT2D eigenvalue weighted by atomic mass is 9.95. The molecule has 1 aliphatic rings. The van der Waals surface area contributed by atoms with E-state index < -0.39 is 35.4 Å². The SMILES string of the molecule is COc1ccc2c(c1)CC(NC(=O)C[C@@H](Cc1ccccc1F)N(C(=O)O)C(C)(C)C)C(=O)N2. The van der Waals surface area contributed by atoms with Crippen LogP contribution in [0.25, 0.3) is 0 Å². The van der Waals surface area contributed by atoms with Crippen molar-refractivity contribution in [1.29, 1.82) is 0 Å². The minimum Gasteiger partial charge on any atom is -0.497 e. The second-order valence-electron chi connectivity index (χ2n) is 9.31. The number of amides is 3.